The lowest BCUT2D eigenvalue weighted by atomic mass is 9.74. The van der Waals surface area contributed by atoms with Crippen molar-refractivity contribution < 1.29 is 24.1 Å². The van der Waals surface area contributed by atoms with Crippen molar-refractivity contribution in [1.29, 1.82) is 0 Å². The van der Waals surface area contributed by atoms with E-state index >= 15 is 0 Å². The quantitative estimate of drug-likeness (QED) is 0.319. The highest BCUT2D eigenvalue weighted by molar-refractivity contribution is 7.99. The van der Waals surface area contributed by atoms with Crippen LogP contribution in [0.15, 0.2) is 53.6 Å². The van der Waals surface area contributed by atoms with E-state index in [9.17, 15) is 19.4 Å². The van der Waals surface area contributed by atoms with Gasteiger partial charge in [-0.2, -0.15) is 0 Å². The molecule has 6 nitrogen and oxygen atoms in total. The molecule has 0 radical (unpaired) electrons. The molecule has 0 amide bonds. The van der Waals surface area contributed by atoms with Crippen LogP contribution in [0.25, 0.3) is 10.9 Å². The highest BCUT2D eigenvalue weighted by Crippen LogP contribution is 2.41. The lowest BCUT2D eigenvalue weighted by Crippen LogP contribution is -2.45. The number of thioether (sulfide) groups is 1. The molecule has 2 aromatic carbocycles. The number of nitrogens with zero attached hydrogens (tertiary/aromatic N) is 2. The zero-order chi connectivity index (χ0) is 25.7. The molecular weight excluding hydrogens is 503 g/mol. The standard InChI is InChI=1S/C27H30ClFN2O4S/c1-35-19-4-7-23-21(16-19)25(22(28)17-30-23)24(32)8-9-27(26(33)34)10-12-31(13-11-27)14-15-36-20-5-2-18(29)3-6-20/h2-7,16-17,24,32H,8-15H2,1H3,(H,33,34)/t24-/m1/s1. The number of hydrogen-bond donors (Lipinski definition) is 2. The van der Waals surface area contributed by atoms with E-state index in [1.165, 1.54) is 18.3 Å². The Bertz CT molecular complexity index is 1200. The van der Waals surface area contributed by atoms with Crippen molar-refractivity contribution in [2.45, 2.75) is 36.7 Å². The first kappa shape index (κ1) is 26.7. The second kappa shape index (κ2) is 11.8. The first-order valence-corrected chi connectivity index (χ1v) is 13.3. The van der Waals surface area contributed by atoms with Gasteiger partial charge in [0.15, 0.2) is 0 Å². The van der Waals surface area contributed by atoms with E-state index in [0.29, 0.717) is 59.6 Å². The van der Waals surface area contributed by atoms with Gasteiger partial charge in [0.05, 0.1) is 29.2 Å². The monoisotopic (exact) mass is 532 g/mol. The number of halogens is 2. The minimum absolute atomic E-state index is 0.246. The number of piperidine rings is 1. The largest absolute Gasteiger partial charge is 0.497 e. The molecule has 1 aliphatic heterocycles. The topological polar surface area (TPSA) is 82.9 Å². The molecule has 9 heteroatoms. The minimum atomic E-state index is -0.920. The van der Waals surface area contributed by atoms with Gasteiger partial charge in [0.25, 0.3) is 0 Å². The summed E-state index contributed by atoms with van der Waals surface area (Å²) >= 11 is 8.09. The van der Waals surface area contributed by atoms with Crippen LogP contribution in [0.2, 0.25) is 5.02 Å². The van der Waals surface area contributed by atoms with Gasteiger partial charge in [-0.3, -0.25) is 9.78 Å². The SMILES string of the molecule is COc1ccc2ncc(Cl)c([C@H](O)CCC3(C(=O)O)CCN(CCSc4ccc(F)cc4)CC3)c2c1. The molecule has 0 aliphatic carbocycles. The van der Waals surface area contributed by atoms with Gasteiger partial charge in [0.2, 0.25) is 0 Å². The highest BCUT2D eigenvalue weighted by Gasteiger charge is 2.41. The molecule has 1 aliphatic rings. The molecule has 0 unspecified atom stereocenters. The van der Waals surface area contributed by atoms with Crippen LogP contribution < -0.4 is 4.74 Å². The zero-order valence-electron chi connectivity index (χ0n) is 20.1. The summed E-state index contributed by atoms with van der Waals surface area (Å²) in [7, 11) is 1.57. The predicted octanol–water partition coefficient (Wildman–Crippen LogP) is 5.81. The Hall–Kier alpha value is -2.39. The summed E-state index contributed by atoms with van der Waals surface area (Å²) in [5.41, 5.74) is 0.361. The molecule has 1 fully saturated rings. The van der Waals surface area contributed by atoms with Crippen molar-refractivity contribution >= 4 is 40.2 Å². The predicted molar refractivity (Wildman–Crippen MR) is 140 cm³/mol. The number of aliphatic hydroxyl groups excluding tert-OH is 1. The number of rotatable bonds is 10. The molecule has 0 saturated carbocycles. The van der Waals surface area contributed by atoms with E-state index in [1.807, 2.05) is 6.07 Å². The number of likely N-dealkylation sites (tertiary alicyclic amines) is 1. The average molecular weight is 533 g/mol. The maximum absolute atomic E-state index is 13.1. The molecule has 3 aromatic rings. The van der Waals surface area contributed by atoms with Crippen LogP contribution in [0.3, 0.4) is 0 Å². The third-order valence-corrected chi connectivity index (χ3v) is 8.35. The third kappa shape index (κ3) is 6.11. The molecule has 1 saturated heterocycles. The third-order valence-electron chi connectivity index (χ3n) is 7.05. The number of fused-ring (bicyclic) bond motifs is 1. The van der Waals surface area contributed by atoms with Crippen molar-refractivity contribution in [1.82, 2.24) is 9.88 Å². The lowest BCUT2D eigenvalue weighted by Gasteiger charge is -2.39. The number of pyridine rings is 1. The Morgan fingerprint density at radius 2 is 1.97 bits per heavy atom. The summed E-state index contributed by atoms with van der Waals surface area (Å²) < 4.78 is 18.4. The summed E-state index contributed by atoms with van der Waals surface area (Å²) in [6, 6.07) is 11.8. The van der Waals surface area contributed by atoms with E-state index in [1.54, 1.807) is 43.1 Å². The number of carboxylic acid groups (broad SMARTS) is 1. The molecule has 4 rings (SSSR count). The molecule has 1 atom stereocenters. The number of carbonyl (C=O) groups is 1. The van der Waals surface area contributed by atoms with E-state index in [0.717, 1.165) is 17.2 Å². The summed E-state index contributed by atoms with van der Waals surface area (Å²) in [6.45, 7) is 2.20. The van der Waals surface area contributed by atoms with E-state index < -0.39 is 17.5 Å². The first-order valence-electron chi connectivity index (χ1n) is 12.0. The van der Waals surface area contributed by atoms with Crippen molar-refractivity contribution in [3.05, 3.63) is 65.1 Å². The van der Waals surface area contributed by atoms with Gasteiger partial charge in [-0.25, -0.2) is 4.39 Å². The van der Waals surface area contributed by atoms with Crippen LogP contribution >= 0.6 is 23.4 Å². The molecule has 0 bridgehead atoms. The summed E-state index contributed by atoms with van der Waals surface area (Å²) in [4.78, 5) is 20.0. The Balaban J connectivity index is 1.37. The van der Waals surface area contributed by atoms with E-state index in [4.69, 9.17) is 16.3 Å². The Labute approximate surface area is 219 Å². The van der Waals surface area contributed by atoms with Gasteiger partial charge >= 0.3 is 5.97 Å². The second-order valence-electron chi connectivity index (χ2n) is 9.19. The van der Waals surface area contributed by atoms with Crippen LogP contribution in [0, 0.1) is 11.2 Å². The number of aliphatic carboxylic acids is 1. The minimum Gasteiger partial charge on any atom is -0.497 e. The van der Waals surface area contributed by atoms with Crippen LogP contribution in [0.4, 0.5) is 4.39 Å². The average Bonchev–Trinajstić information content (AvgIpc) is 2.88. The second-order valence-corrected chi connectivity index (χ2v) is 10.8. The van der Waals surface area contributed by atoms with E-state index in [2.05, 4.69) is 9.88 Å². The number of aliphatic hydroxyl groups is 1. The van der Waals surface area contributed by atoms with Crippen molar-refractivity contribution in [3.8, 4) is 5.75 Å². The Morgan fingerprint density at radius 3 is 2.64 bits per heavy atom. The van der Waals surface area contributed by atoms with Gasteiger partial charge in [0.1, 0.15) is 11.6 Å². The summed E-state index contributed by atoms with van der Waals surface area (Å²) in [6.07, 6.45) is 2.28. The van der Waals surface area contributed by atoms with Gasteiger partial charge in [0, 0.05) is 34.3 Å². The molecule has 192 valence electrons. The zero-order valence-corrected chi connectivity index (χ0v) is 21.7. The molecule has 36 heavy (non-hydrogen) atoms. The number of methoxy groups -OCH3 is 1. The molecular formula is C27H30ClFN2O4S. The summed E-state index contributed by atoms with van der Waals surface area (Å²) in [5, 5.41) is 22.3. The molecule has 2 N–H and O–H groups in total. The van der Waals surface area contributed by atoms with Gasteiger partial charge in [-0.05, 0) is 81.2 Å². The number of aromatic nitrogens is 1. The van der Waals surface area contributed by atoms with Crippen LogP contribution in [-0.2, 0) is 4.79 Å². The van der Waals surface area contributed by atoms with Crippen LogP contribution in [0.1, 0.15) is 37.4 Å². The lowest BCUT2D eigenvalue weighted by molar-refractivity contribution is -0.153. The van der Waals surface area contributed by atoms with Crippen molar-refractivity contribution in [2.75, 3.05) is 32.5 Å². The van der Waals surface area contributed by atoms with Gasteiger partial charge in [-0.15, -0.1) is 11.8 Å². The molecule has 1 aromatic heterocycles. The Kier molecular flexibility index (Phi) is 8.72. The molecule has 0 spiro atoms. The van der Waals surface area contributed by atoms with Gasteiger partial charge in [-0.1, -0.05) is 11.6 Å². The number of carboxylic acids is 1. The number of hydrogen-bond acceptors (Lipinski definition) is 6. The summed E-state index contributed by atoms with van der Waals surface area (Å²) in [5.74, 6) is 0.417. The normalized spacial score (nSPS) is 16.7. The number of benzene rings is 2. The van der Waals surface area contributed by atoms with Crippen molar-refractivity contribution in [2.24, 2.45) is 5.41 Å². The number of ether oxygens (including phenoxy) is 1. The first-order chi connectivity index (χ1) is 17.3. The van der Waals surface area contributed by atoms with Crippen molar-refractivity contribution in [3.63, 3.8) is 0 Å². The van der Waals surface area contributed by atoms with Gasteiger partial charge < -0.3 is 19.8 Å². The van der Waals surface area contributed by atoms with Crippen LogP contribution in [0.5, 0.6) is 5.75 Å². The molecule has 2 heterocycles. The fraction of sp³-hybridized carbons (Fsp3) is 0.407. The smallest absolute Gasteiger partial charge is 0.309 e. The van der Waals surface area contributed by atoms with E-state index in [-0.39, 0.29) is 12.2 Å². The fourth-order valence-electron chi connectivity index (χ4n) is 4.79. The highest BCUT2D eigenvalue weighted by atomic mass is 35.5. The fourth-order valence-corrected chi connectivity index (χ4v) is 5.98. The van der Waals surface area contributed by atoms with Crippen LogP contribution in [-0.4, -0.2) is 58.6 Å². The Morgan fingerprint density at radius 1 is 1.25 bits per heavy atom. The maximum atomic E-state index is 13.1. The maximum Gasteiger partial charge on any atom is 0.309 e.